The van der Waals surface area contributed by atoms with Gasteiger partial charge in [-0.1, -0.05) is 18.2 Å². The maximum Gasteiger partial charge on any atom is 0.119 e. The topological polar surface area (TPSA) is 12.5 Å². The number of likely N-dealkylation sites (N-methyl/N-ethyl adjacent to an activating group) is 1. The molecule has 0 saturated heterocycles. The zero-order valence-corrected chi connectivity index (χ0v) is 10.1. The van der Waals surface area contributed by atoms with Crippen molar-refractivity contribution >= 4 is 11.6 Å². The second-order valence-corrected chi connectivity index (χ2v) is 4.45. The third-order valence-corrected chi connectivity index (χ3v) is 2.19. The van der Waals surface area contributed by atoms with Gasteiger partial charge in [-0.15, -0.1) is 11.6 Å². The Kier molecular flexibility index (Phi) is 5.51. The van der Waals surface area contributed by atoms with Crippen LogP contribution in [-0.2, 0) is 0 Å². The van der Waals surface area contributed by atoms with Crippen molar-refractivity contribution in [1.82, 2.24) is 4.90 Å². The van der Waals surface area contributed by atoms with Gasteiger partial charge in [-0.05, 0) is 26.1 Å². The molecule has 1 aromatic carbocycles. The summed E-state index contributed by atoms with van der Waals surface area (Å²) in [5.74, 6) is 0.921. The van der Waals surface area contributed by atoms with Crippen LogP contribution < -0.4 is 4.74 Å². The SMILES string of the molecule is CC(Cl)CN(C)CCOc1ccccc1. The molecule has 1 rings (SSSR count). The fourth-order valence-corrected chi connectivity index (χ4v) is 1.59. The summed E-state index contributed by atoms with van der Waals surface area (Å²) in [7, 11) is 2.05. The summed E-state index contributed by atoms with van der Waals surface area (Å²) in [4.78, 5) is 2.17. The van der Waals surface area contributed by atoms with Crippen LogP contribution in [0.5, 0.6) is 5.75 Å². The quantitative estimate of drug-likeness (QED) is 0.693. The first-order valence-electron chi connectivity index (χ1n) is 5.19. The third kappa shape index (κ3) is 5.65. The van der Waals surface area contributed by atoms with E-state index in [-0.39, 0.29) is 5.38 Å². The predicted molar refractivity (Wildman–Crippen MR) is 64.7 cm³/mol. The summed E-state index contributed by atoms with van der Waals surface area (Å²) >= 11 is 5.89. The Morgan fingerprint density at radius 1 is 1.33 bits per heavy atom. The van der Waals surface area contributed by atoms with Crippen LogP contribution in [-0.4, -0.2) is 37.0 Å². The van der Waals surface area contributed by atoms with Gasteiger partial charge in [0.1, 0.15) is 12.4 Å². The highest BCUT2D eigenvalue weighted by atomic mass is 35.5. The first-order valence-corrected chi connectivity index (χ1v) is 5.62. The minimum absolute atomic E-state index is 0.187. The van der Waals surface area contributed by atoms with Crippen molar-refractivity contribution in [1.29, 1.82) is 0 Å². The van der Waals surface area contributed by atoms with Gasteiger partial charge in [-0.25, -0.2) is 0 Å². The molecule has 84 valence electrons. The lowest BCUT2D eigenvalue weighted by Crippen LogP contribution is -2.29. The highest BCUT2D eigenvalue weighted by molar-refractivity contribution is 6.20. The molecule has 0 fully saturated rings. The largest absolute Gasteiger partial charge is 0.492 e. The van der Waals surface area contributed by atoms with Gasteiger partial charge in [0.15, 0.2) is 0 Å². The van der Waals surface area contributed by atoms with Crippen molar-refractivity contribution in [2.75, 3.05) is 26.7 Å². The maximum absolute atomic E-state index is 5.89. The van der Waals surface area contributed by atoms with Crippen LogP contribution in [0.2, 0.25) is 0 Å². The molecule has 1 aromatic rings. The Morgan fingerprint density at radius 3 is 2.60 bits per heavy atom. The van der Waals surface area contributed by atoms with E-state index in [4.69, 9.17) is 16.3 Å². The van der Waals surface area contributed by atoms with E-state index in [0.29, 0.717) is 6.61 Å². The Balaban J connectivity index is 2.16. The highest BCUT2D eigenvalue weighted by Gasteiger charge is 2.02. The lowest BCUT2D eigenvalue weighted by molar-refractivity contribution is 0.238. The van der Waals surface area contributed by atoms with Crippen molar-refractivity contribution in [3.05, 3.63) is 30.3 Å². The van der Waals surface area contributed by atoms with Gasteiger partial charge in [0.2, 0.25) is 0 Å². The van der Waals surface area contributed by atoms with Crippen LogP contribution in [0.4, 0.5) is 0 Å². The van der Waals surface area contributed by atoms with Crippen LogP contribution in [0, 0.1) is 0 Å². The van der Waals surface area contributed by atoms with Crippen LogP contribution in [0.15, 0.2) is 30.3 Å². The molecule has 0 aliphatic heterocycles. The average Bonchev–Trinajstić information content (AvgIpc) is 2.18. The predicted octanol–water partition coefficient (Wildman–Crippen LogP) is 2.62. The molecule has 3 heteroatoms. The summed E-state index contributed by atoms with van der Waals surface area (Å²) in [6.07, 6.45) is 0. The number of rotatable bonds is 6. The van der Waals surface area contributed by atoms with Gasteiger partial charge in [-0.2, -0.15) is 0 Å². The lowest BCUT2D eigenvalue weighted by Gasteiger charge is -2.17. The number of ether oxygens (including phenoxy) is 1. The molecule has 0 radical (unpaired) electrons. The zero-order valence-electron chi connectivity index (χ0n) is 9.32. The summed E-state index contributed by atoms with van der Waals surface area (Å²) in [5.41, 5.74) is 0. The second-order valence-electron chi connectivity index (χ2n) is 3.70. The molecule has 0 aliphatic carbocycles. The Morgan fingerprint density at radius 2 is 2.00 bits per heavy atom. The van der Waals surface area contributed by atoms with Crippen LogP contribution in [0.3, 0.4) is 0 Å². The highest BCUT2D eigenvalue weighted by Crippen LogP contribution is 2.07. The fraction of sp³-hybridized carbons (Fsp3) is 0.500. The molecule has 0 spiro atoms. The molecule has 0 amide bonds. The van der Waals surface area contributed by atoms with E-state index < -0.39 is 0 Å². The molecule has 2 nitrogen and oxygen atoms in total. The maximum atomic E-state index is 5.89. The minimum Gasteiger partial charge on any atom is -0.492 e. The molecule has 0 aromatic heterocycles. The average molecular weight is 228 g/mol. The Labute approximate surface area is 96.8 Å². The molecule has 0 heterocycles. The van der Waals surface area contributed by atoms with Crippen molar-refractivity contribution in [2.45, 2.75) is 12.3 Å². The molecule has 1 unspecified atom stereocenters. The van der Waals surface area contributed by atoms with E-state index in [1.807, 2.05) is 44.3 Å². The molecular formula is C12H18ClNO. The standard InChI is InChI=1S/C12H18ClNO/c1-11(13)10-14(2)8-9-15-12-6-4-3-5-7-12/h3-7,11H,8-10H2,1-2H3. The number of benzene rings is 1. The molecule has 1 atom stereocenters. The normalized spacial score (nSPS) is 12.8. The number of hydrogen-bond donors (Lipinski definition) is 0. The van der Waals surface area contributed by atoms with E-state index in [2.05, 4.69) is 4.90 Å². The van der Waals surface area contributed by atoms with Gasteiger partial charge in [-0.3, -0.25) is 0 Å². The summed E-state index contributed by atoms with van der Waals surface area (Å²) in [6.45, 7) is 4.48. The molecule has 0 bridgehead atoms. The van der Waals surface area contributed by atoms with Gasteiger partial charge < -0.3 is 9.64 Å². The van der Waals surface area contributed by atoms with Gasteiger partial charge >= 0.3 is 0 Å². The Hall–Kier alpha value is -0.730. The van der Waals surface area contributed by atoms with Crippen molar-refractivity contribution in [3.8, 4) is 5.75 Å². The van der Waals surface area contributed by atoms with E-state index in [1.54, 1.807) is 0 Å². The first-order chi connectivity index (χ1) is 7.18. The number of alkyl halides is 1. The first kappa shape index (κ1) is 12.3. The monoisotopic (exact) mass is 227 g/mol. The van der Waals surface area contributed by atoms with Crippen molar-refractivity contribution in [2.24, 2.45) is 0 Å². The number of halogens is 1. The third-order valence-electron chi connectivity index (χ3n) is 2.05. The van der Waals surface area contributed by atoms with Crippen LogP contribution >= 0.6 is 11.6 Å². The molecule has 0 aliphatic rings. The van der Waals surface area contributed by atoms with Crippen molar-refractivity contribution in [3.63, 3.8) is 0 Å². The summed E-state index contributed by atoms with van der Waals surface area (Å²) in [5, 5.41) is 0.187. The number of nitrogens with zero attached hydrogens (tertiary/aromatic N) is 1. The van der Waals surface area contributed by atoms with Gasteiger partial charge in [0, 0.05) is 18.5 Å². The Bertz CT molecular complexity index is 264. The molecule has 0 saturated carbocycles. The molecular weight excluding hydrogens is 210 g/mol. The van der Waals surface area contributed by atoms with Crippen LogP contribution in [0.25, 0.3) is 0 Å². The van der Waals surface area contributed by atoms with E-state index in [0.717, 1.165) is 18.8 Å². The summed E-state index contributed by atoms with van der Waals surface area (Å²) in [6, 6.07) is 9.85. The molecule has 0 N–H and O–H groups in total. The van der Waals surface area contributed by atoms with Gasteiger partial charge in [0.25, 0.3) is 0 Å². The molecule has 15 heavy (non-hydrogen) atoms. The van der Waals surface area contributed by atoms with Crippen molar-refractivity contribution < 1.29 is 4.74 Å². The minimum atomic E-state index is 0.187. The smallest absolute Gasteiger partial charge is 0.119 e. The van der Waals surface area contributed by atoms with E-state index >= 15 is 0 Å². The van der Waals surface area contributed by atoms with E-state index in [9.17, 15) is 0 Å². The number of hydrogen-bond acceptors (Lipinski definition) is 2. The zero-order chi connectivity index (χ0) is 11.1. The second kappa shape index (κ2) is 6.70. The summed E-state index contributed by atoms with van der Waals surface area (Å²) < 4.78 is 5.57. The van der Waals surface area contributed by atoms with Gasteiger partial charge in [0.05, 0.1) is 0 Å². The van der Waals surface area contributed by atoms with E-state index in [1.165, 1.54) is 0 Å². The number of para-hydroxylation sites is 1. The lowest BCUT2D eigenvalue weighted by atomic mass is 10.3. The van der Waals surface area contributed by atoms with Crippen LogP contribution in [0.1, 0.15) is 6.92 Å². The fourth-order valence-electron chi connectivity index (χ4n) is 1.36.